The summed E-state index contributed by atoms with van der Waals surface area (Å²) in [5, 5.41) is 2.37. The zero-order valence-electron chi connectivity index (χ0n) is 16.2. The molecule has 1 aliphatic rings. The minimum absolute atomic E-state index is 0.0111. The van der Waals surface area contributed by atoms with Crippen LogP contribution in [0, 0.1) is 5.41 Å². The zero-order valence-corrected chi connectivity index (χ0v) is 16.2. The molecule has 146 valence electrons. The number of alkyl halides is 3. The molecule has 0 bridgehead atoms. The summed E-state index contributed by atoms with van der Waals surface area (Å²) >= 11 is 0. The van der Waals surface area contributed by atoms with E-state index in [1.54, 1.807) is 32.0 Å². The number of carbonyl (C=O) groups is 1. The van der Waals surface area contributed by atoms with E-state index in [9.17, 15) is 18.0 Å². The molecule has 0 aliphatic carbocycles. The Balaban J connectivity index is 2.30. The number of nitrogens with one attached hydrogen (secondary N) is 1. The molecule has 1 fully saturated rings. The first-order chi connectivity index (χ1) is 12.3. The summed E-state index contributed by atoms with van der Waals surface area (Å²) in [6.07, 6.45) is -4.54. The average molecular weight is 378 g/mol. The molecule has 1 N–H and O–H groups in total. The van der Waals surface area contributed by atoms with Gasteiger partial charge < -0.3 is 0 Å². The highest BCUT2D eigenvalue weighted by Gasteiger charge is 2.52. The van der Waals surface area contributed by atoms with Gasteiger partial charge >= 0.3 is 6.18 Å². The minimum atomic E-state index is -4.54. The number of hydrogen-bond donors (Lipinski definition) is 1. The lowest BCUT2D eigenvalue weighted by molar-refractivity contribution is -0.191. The van der Waals surface area contributed by atoms with E-state index in [1.807, 2.05) is 39.0 Å². The molecule has 2 aromatic carbocycles. The molecule has 1 amide bonds. The highest BCUT2D eigenvalue weighted by atomic mass is 19.4. The van der Waals surface area contributed by atoms with Gasteiger partial charge in [0, 0.05) is 6.54 Å². The monoisotopic (exact) mass is 378 g/mol. The summed E-state index contributed by atoms with van der Waals surface area (Å²) in [4.78, 5) is 12.2. The Labute approximate surface area is 157 Å². The second-order valence-electron chi connectivity index (χ2n) is 8.89. The molecule has 1 atom stereocenters. The lowest BCUT2D eigenvalue weighted by Crippen LogP contribution is -2.44. The number of benzene rings is 2. The van der Waals surface area contributed by atoms with E-state index in [4.69, 9.17) is 0 Å². The second-order valence-corrected chi connectivity index (χ2v) is 8.89. The van der Waals surface area contributed by atoms with Gasteiger partial charge in [0.15, 0.2) is 6.04 Å². The SMILES string of the molecule is CC1(C)CN([C@@H](c2c(C(C)(C)C)ccc3ccccc23)C(F)(F)F)NC1=O. The van der Waals surface area contributed by atoms with E-state index in [-0.39, 0.29) is 12.1 Å². The van der Waals surface area contributed by atoms with Crippen LogP contribution in [0.2, 0.25) is 0 Å². The van der Waals surface area contributed by atoms with E-state index in [0.29, 0.717) is 10.9 Å². The molecule has 1 aliphatic heterocycles. The molecule has 6 heteroatoms. The fraction of sp³-hybridized carbons (Fsp3) is 0.476. The predicted octanol–water partition coefficient (Wildman–Crippen LogP) is 5.11. The predicted molar refractivity (Wildman–Crippen MR) is 100 cm³/mol. The van der Waals surface area contributed by atoms with E-state index in [0.717, 1.165) is 10.4 Å². The Bertz CT molecular complexity index is 881. The van der Waals surface area contributed by atoms with Gasteiger partial charge in [-0.3, -0.25) is 10.2 Å². The topological polar surface area (TPSA) is 32.3 Å². The smallest absolute Gasteiger partial charge is 0.287 e. The lowest BCUT2D eigenvalue weighted by atomic mass is 9.79. The number of fused-ring (bicyclic) bond motifs is 1. The molecule has 27 heavy (non-hydrogen) atoms. The Kier molecular flexibility index (Phi) is 4.54. The van der Waals surface area contributed by atoms with Crippen molar-refractivity contribution in [3.63, 3.8) is 0 Å². The minimum Gasteiger partial charge on any atom is -0.287 e. The van der Waals surface area contributed by atoms with E-state index < -0.39 is 29.0 Å². The molecule has 1 heterocycles. The van der Waals surface area contributed by atoms with Crippen LogP contribution in [0.15, 0.2) is 36.4 Å². The molecular weight excluding hydrogens is 353 g/mol. The Morgan fingerprint density at radius 3 is 2.22 bits per heavy atom. The molecule has 0 unspecified atom stereocenters. The van der Waals surface area contributed by atoms with Crippen molar-refractivity contribution >= 4 is 16.7 Å². The van der Waals surface area contributed by atoms with Gasteiger partial charge in [0.2, 0.25) is 5.91 Å². The van der Waals surface area contributed by atoms with Gasteiger partial charge in [-0.1, -0.05) is 57.2 Å². The Hall–Kier alpha value is -2.08. The Morgan fingerprint density at radius 1 is 1.07 bits per heavy atom. The van der Waals surface area contributed by atoms with Crippen LogP contribution < -0.4 is 5.43 Å². The summed E-state index contributed by atoms with van der Waals surface area (Å²) in [5.41, 5.74) is 1.95. The maximum atomic E-state index is 14.3. The van der Waals surface area contributed by atoms with Crippen LogP contribution in [0.25, 0.3) is 10.8 Å². The van der Waals surface area contributed by atoms with Gasteiger partial charge in [-0.05, 0) is 41.2 Å². The van der Waals surface area contributed by atoms with Crippen molar-refractivity contribution in [1.82, 2.24) is 10.4 Å². The first-order valence-corrected chi connectivity index (χ1v) is 8.99. The van der Waals surface area contributed by atoms with Gasteiger partial charge in [0.25, 0.3) is 0 Å². The van der Waals surface area contributed by atoms with Crippen LogP contribution in [-0.4, -0.2) is 23.6 Å². The van der Waals surface area contributed by atoms with Gasteiger partial charge in [0.05, 0.1) is 5.41 Å². The maximum Gasteiger partial charge on any atom is 0.409 e. The standard InChI is InChI=1S/C21H25F3N2O/c1-19(2,3)15-11-10-13-8-6-7-9-14(13)16(15)17(21(22,23)24)26-12-20(4,5)18(27)25-26/h6-11,17H,12H2,1-5H3,(H,25,27)/t17-/m0/s1. The van der Waals surface area contributed by atoms with Crippen LogP contribution in [0.3, 0.4) is 0 Å². The van der Waals surface area contributed by atoms with E-state index >= 15 is 0 Å². The highest BCUT2D eigenvalue weighted by molar-refractivity contribution is 5.88. The molecule has 3 rings (SSSR count). The van der Waals surface area contributed by atoms with E-state index in [1.165, 1.54) is 0 Å². The van der Waals surface area contributed by atoms with Crippen LogP contribution in [0.1, 0.15) is 51.8 Å². The number of amides is 1. The first kappa shape index (κ1) is 19.7. The van der Waals surface area contributed by atoms with Crippen molar-refractivity contribution in [3.05, 3.63) is 47.5 Å². The van der Waals surface area contributed by atoms with E-state index in [2.05, 4.69) is 5.43 Å². The molecule has 0 saturated carbocycles. The summed E-state index contributed by atoms with van der Waals surface area (Å²) in [6, 6.07) is 8.82. The van der Waals surface area contributed by atoms with Crippen molar-refractivity contribution in [2.75, 3.05) is 6.54 Å². The third-order valence-corrected chi connectivity index (χ3v) is 5.10. The van der Waals surface area contributed by atoms with Gasteiger partial charge in [-0.25, -0.2) is 5.01 Å². The fourth-order valence-corrected chi connectivity index (χ4v) is 3.72. The fourth-order valence-electron chi connectivity index (χ4n) is 3.72. The first-order valence-electron chi connectivity index (χ1n) is 8.99. The number of carbonyl (C=O) groups excluding carboxylic acids is 1. The number of nitrogens with zero attached hydrogens (tertiary/aromatic N) is 1. The quantitative estimate of drug-likeness (QED) is 0.787. The number of hydrogen-bond acceptors (Lipinski definition) is 2. The Morgan fingerprint density at radius 2 is 1.70 bits per heavy atom. The molecular formula is C21H25F3N2O. The summed E-state index contributed by atoms with van der Waals surface area (Å²) in [7, 11) is 0. The van der Waals surface area contributed by atoms with Crippen molar-refractivity contribution in [2.45, 2.75) is 52.3 Å². The molecule has 0 aromatic heterocycles. The molecule has 2 aromatic rings. The lowest BCUT2D eigenvalue weighted by Gasteiger charge is -2.35. The van der Waals surface area contributed by atoms with Crippen molar-refractivity contribution in [1.29, 1.82) is 0 Å². The third-order valence-electron chi connectivity index (χ3n) is 5.10. The number of halogens is 3. The van der Waals surface area contributed by atoms with Crippen LogP contribution in [0.5, 0.6) is 0 Å². The molecule has 1 saturated heterocycles. The van der Waals surface area contributed by atoms with Crippen LogP contribution in [-0.2, 0) is 10.2 Å². The van der Waals surface area contributed by atoms with Crippen molar-refractivity contribution in [3.8, 4) is 0 Å². The largest absolute Gasteiger partial charge is 0.409 e. The molecule has 0 radical (unpaired) electrons. The summed E-state index contributed by atoms with van der Waals surface area (Å²) < 4.78 is 43.0. The summed E-state index contributed by atoms with van der Waals surface area (Å²) in [6.45, 7) is 9.01. The molecule has 0 spiro atoms. The van der Waals surface area contributed by atoms with Crippen LogP contribution >= 0.6 is 0 Å². The third kappa shape index (κ3) is 3.55. The normalized spacial score (nSPS) is 19.3. The van der Waals surface area contributed by atoms with Crippen molar-refractivity contribution < 1.29 is 18.0 Å². The number of rotatable bonds is 2. The van der Waals surface area contributed by atoms with Gasteiger partial charge in [-0.2, -0.15) is 13.2 Å². The van der Waals surface area contributed by atoms with Crippen molar-refractivity contribution in [2.24, 2.45) is 5.41 Å². The zero-order chi connectivity index (χ0) is 20.2. The highest BCUT2D eigenvalue weighted by Crippen LogP contribution is 2.46. The average Bonchev–Trinajstić information content (AvgIpc) is 2.78. The van der Waals surface area contributed by atoms with Gasteiger partial charge in [0.1, 0.15) is 0 Å². The van der Waals surface area contributed by atoms with Gasteiger partial charge in [-0.15, -0.1) is 0 Å². The summed E-state index contributed by atoms with van der Waals surface area (Å²) in [5.74, 6) is -0.394. The maximum absolute atomic E-state index is 14.3. The second kappa shape index (κ2) is 6.23. The van der Waals surface area contributed by atoms with Crippen LogP contribution in [0.4, 0.5) is 13.2 Å². The molecule has 3 nitrogen and oxygen atoms in total. The number of hydrazine groups is 1.